The number of fused-ring (bicyclic) bond motifs is 2. The van der Waals surface area contributed by atoms with E-state index >= 15 is 0 Å². The molecule has 1 atom stereocenters. The third kappa shape index (κ3) is 3.98. The lowest BCUT2D eigenvalue weighted by Gasteiger charge is -2.19. The Morgan fingerprint density at radius 3 is 2.94 bits per heavy atom. The lowest BCUT2D eigenvalue weighted by molar-refractivity contribution is 0.0912. The van der Waals surface area contributed by atoms with Gasteiger partial charge in [0, 0.05) is 19.7 Å². The number of carbonyl (C=O) groups excluding carboxylic acids is 2. The maximum atomic E-state index is 13.2. The van der Waals surface area contributed by atoms with Crippen molar-refractivity contribution in [1.82, 2.24) is 25.5 Å². The van der Waals surface area contributed by atoms with Gasteiger partial charge in [-0.2, -0.15) is 0 Å². The van der Waals surface area contributed by atoms with Crippen LogP contribution in [0.4, 0.5) is 0 Å². The van der Waals surface area contributed by atoms with E-state index in [4.69, 9.17) is 9.72 Å². The van der Waals surface area contributed by atoms with E-state index in [0.717, 1.165) is 41.1 Å². The van der Waals surface area contributed by atoms with Crippen molar-refractivity contribution in [3.8, 4) is 5.75 Å². The minimum atomic E-state index is -0.301. The summed E-state index contributed by atoms with van der Waals surface area (Å²) in [5.41, 5.74) is 3.47. The number of carbonyl (C=O) groups is 2. The number of imidazole rings is 1. The summed E-state index contributed by atoms with van der Waals surface area (Å²) in [6.07, 6.45) is 1.57. The number of nitrogens with one attached hydrogen (secondary N) is 3. The van der Waals surface area contributed by atoms with Gasteiger partial charge in [-0.25, -0.2) is 4.98 Å². The summed E-state index contributed by atoms with van der Waals surface area (Å²) in [5.74, 6) is 1.03. The highest BCUT2D eigenvalue weighted by Gasteiger charge is 2.28. The molecule has 3 aromatic rings. The molecule has 0 fully saturated rings. The second kappa shape index (κ2) is 8.77. The van der Waals surface area contributed by atoms with E-state index in [2.05, 4.69) is 16.0 Å². The van der Waals surface area contributed by atoms with Crippen LogP contribution in [0.3, 0.4) is 0 Å². The average Bonchev–Trinajstić information content (AvgIpc) is 3.32. The van der Waals surface area contributed by atoms with Crippen LogP contribution in [0.2, 0.25) is 0 Å². The molecule has 8 nitrogen and oxygen atoms in total. The predicted molar refractivity (Wildman–Crippen MR) is 118 cm³/mol. The van der Waals surface area contributed by atoms with Gasteiger partial charge in [-0.1, -0.05) is 12.1 Å². The minimum Gasteiger partial charge on any atom is -0.497 e. The topological polar surface area (TPSA) is 97.3 Å². The number of hydrogen-bond donors (Lipinski definition) is 3. The molecule has 1 unspecified atom stereocenters. The first-order valence-electron chi connectivity index (χ1n) is 10.4. The second-order valence-electron chi connectivity index (χ2n) is 7.68. The van der Waals surface area contributed by atoms with Crippen LogP contribution in [0.5, 0.6) is 5.75 Å². The summed E-state index contributed by atoms with van der Waals surface area (Å²) in [6.45, 7) is 1.28. The maximum Gasteiger partial charge on any atom is 0.252 e. The average molecular weight is 422 g/mol. The molecule has 1 aliphatic heterocycles. The highest BCUT2D eigenvalue weighted by atomic mass is 16.5. The van der Waals surface area contributed by atoms with E-state index in [1.165, 1.54) is 0 Å². The number of hydrogen-bond acceptors (Lipinski definition) is 5. The fraction of sp³-hybridized carbons (Fsp3) is 0.348. The van der Waals surface area contributed by atoms with Gasteiger partial charge in [0.15, 0.2) is 0 Å². The molecule has 0 spiro atoms. The van der Waals surface area contributed by atoms with Crippen molar-refractivity contribution in [2.45, 2.75) is 25.4 Å². The Morgan fingerprint density at radius 1 is 1.32 bits per heavy atom. The number of aryl methyl sites for hydroxylation is 1. The molecule has 8 heteroatoms. The number of amides is 2. The minimum absolute atomic E-state index is 0.206. The Labute approximate surface area is 181 Å². The molecule has 2 amide bonds. The molecule has 0 saturated heterocycles. The van der Waals surface area contributed by atoms with Gasteiger partial charge in [0.05, 0.1) is 35.3 Å². The van der Waals surface area contributed by atoms with E-state index in [1.54, 1.807) is 13.2 Å². The molecular weight excluding hydrogens is 394 g/mol. The molecule has 31 heavy (non-hydrogen) atoms. The van der Waals surface area contributed by atoms with Crippen LogP contribution < -0.4 is 20.7 Å². The first-order chi connectivity index (χ1) is 15.0. The zero-order valence-corrected chi connectivity index (χ0v) is 18.0. The van der Waals surface area contributed by atoms with Gasteiger partial charge in [0.2, 0.25) is 0 Å². The van der Waals surface area contributed by atoms with Crippen molar-refractivity contribution < 1.29 is 14.3 Å². The molecule has 162 valence electrons. The molecule has 1 aromatic heterocycles. The number of ether oxygens (including phenoxy) is 1. The van der Waals surface area contributed by atoms with Crippen LogP contribution >= 0.6 is 0 Å². The Hall–Kier alpha value is -3.39. The molecule has 1 aliphatic rings. The zero-order valence-electron chi connectivity index (χ0n) is 18.0. The fourth-order valence-corrected chi connectivity index (χ4v) is 4.09. The molecule has 0 saturated carbocycles. The normalized spacial score (nSPS) is 13.7. The lowest BCUT2D eigenvalue weighted by Crippen LogP contribution is -2.32. The Morgan fingerprint density at radius 2 is 2.16 bits per heavy atom. The molecule has 0 bridgehead atoms. The number of aromatic nitrogens is 2. The van der Waals surface area contributed by atoms with Crippen molar-refractivity contribution >= 4 is 22.8 Å². The maximum absolute atomic E-state index is 13.2. The number of methoxy groups -OCH3 is 1. The van der Waals surface area contributed by atoms with E-state index in [-0.39, 0.29) is 17.9 Å². The Kier molecular flexibility index (Phi) is 5.90. The summed E-state index contributed by atoms with van der Waals surface area (Å²) in [5, 5.41) is 9.06. The van der Waals surface area contributed by atoms with Crippen LogP contribution in [0.25, 0.3) is 11.0 Å². The highest BCUT2D eigenvalue weighted by molar-refractivity contribution is 6.09. The Bertz CT molecular complexity index is 1140. The Balaban J connectivity index is 1.67. The summed E-state index contributed by atoms with van der Waals surface area (Å²) in [4.78, 5) is 30.3. The van der Waals surface area contributed by atoms with Gasteiger partial charge < -0.3 is 25.3 Å². The first-order valence-corrected chi connectivity index (χ1v) is 10.4. The summed E-state index contributed by atoms with van der Waals surface area (Å²) >= 11 is 0. The summed E-state index contributed by atoms with van der Waals surface area (Å²) in [6, 6.07) is 10.8. The molecule has 2 aromatic carbocycles. The third-order valence-corrected chi connectivity index (χ3v) is 5.72. The van der Waals surface area contributed by atoms with Crippen molar-refractivity contribution in [1.29, 1.82) is 0 Å². The predicted octanol–water partition coefficient (Wildman–Crippen LogP) is 2.30. The first kappa shape index (κ1) is 20.9. The van der Waals surface area contributed by atoms with E-state index < -0.39 is 0 Å². The third-order valence-electron chi connectivity index (χ3n) is 5.72. The molecule has 0 radical (unpaired) electrons. The van der Waals surface area contributed by atoms with Crippen LogP contribution in [-0.4, -0.2) is 42.1 Å². The van der Waals surface area contributed by atoms with Crippen molar-refractivity contribution in [2.75, 3.05) is 20.7 Å². The van der Waals surface area contributed by atoms with Gasteiger partial charge >= 0.3 is 0 Å². The quantitative estimate of drug-likeness (QED) is 0.485. The van der Waals surface area contributed by atoms with Crippen LogP contribution in [0.1, 0.15) is 51.0 Å². The SMILES string of the molecule is CNCCCC(NC(=O)c1cccc2c1C(=O)NC2)c1nc2cc(OC)ccc2n1C. The van der Waals surface area contributed by atoms with Crippen LogP contribution in [-0.2, 0) is 13.6 Å². The highest BCUT2D eigenvalue weighted by Crippen LogP contribution is 2.27. The van der Waals surface area contributed by atoms with Gasteiger partial charge in [-0.05, 0) is 50.2 Å². The molecule has 3 N–H and O–H groups in total. The van der Waals surface area contributed by atoms with Crippen molar-refractivity contribution in [3.63, 3.8) is 0 Å². The fourth-order valence-electron chi connectivity index (χ4n) is 4.09. The lowest BCUT2D eigenvalue weighted by atomic mass is 10.0. The molecule has 2 heterocycles. The molecule has 4 rings (SSSR count). The number of rotatable bonds is 8. The van der Waals surface area contributed by atoms with Gasteiger partial charge in [0.25, 0.3) is 11.8 Å². The molecule has 0 aliphatic carbocycles. The van der Waals surface area contributed by atoms with E-state index in [9.17, 15) is 9.59 Å². The zero-order chi connectivity index (χ0) is 22.0. The van der Waals surface area contributed by atoms with Gasteiger partial charge in [0.1, 0.15) is 11.6 Å². The second-order valence-corrected chi connectivity index (χ2v) is 7.68. The summed E-state index contributed by atoms with van der Waals surface area (Å²) < 4.78 is 7.32. The van der Waals surface area contributed by atoms with Crippen LogP contribution in [0, 0.1) is 0 Å². The van der Waals surface area contributed by atoms with Gasteiger partial charge in [-0.15, -0.1) is 0 Å². The van der Waals surface area contributed by atoms with E-state index in [0.29, 0.717) is 24.1 Å². The summed E-state index contributed by atoms with van der Waals surface area (Å²) in [7, 11) is 5.48. The van der Waals surface area contributed by atoms with Crippen LogP contribution in [0.15, 0.2) is 36.4 Å². The standard InChI is InChI=1S/C23H27N5O3/c1-24-11-5-8-17(21-26-18-12-15(31-3)9-10-19(18)28(21)2)27-22(29)16-7-4-6-14-13-25-23(30)20(14)16/h4,6-7,9-10,12,17,24H,5,8,11,13H2,1-3H3,(H,25,30)(H,27,29). The number of benzene rings is 2. The van der Waals surface area contributed by atoms with E-state index in [1.807, 2.05) is 49.0 Å². The molecular formula is C23H27N5O3. The largest absolute Gasteiger partial charge is 0.497 e. The van der Waals surface area contributed by atoms with Crippen molar-refractivity contribution in [2.24, 2.45) is 7.05 Å². The number of nitrogens with zero attached hydrogens (tertiary/aromatic N) is 2. The monoisotopic (exact) mass is 421 g/mol. The van der Waals surface area contributed by atoms with Crippen molar-refractivity contribution in [3.05, 3.63) is 58.9 Å². The smallest absolute Gasteiger partial charge is 0.252 e. The van der Waals surface area contributed by atoms with Gasteiger partial charge in [-0.3, -0.25) is 9.59 Å².